The van der Waals surface area contributed by atoms with Crippen molar-refractivity contribution in [3.05, 3.63) is 72.2 Å². The van der Waals surface area contributed by atoms with Gasteiger partial charge in [-0.3, -0.25) is 14.9 Å². The maximum atomic E-state index is 12.9. The summed E-state index contributed by atoms with van der Waals surface area (Å²) in [6.45, 7) is 0.380. The van der Waals surface area contributed by atoms with Crippen molar-refractivity contribution in [1.29, 1.82) is 0 Å². The molecule has 2 heterocycles. The van der Waals surface area contributed by atoms with E-state index in [2.05, 4.69) is 15.2 Å². The van der Waals surface area contributed by atoms with Gasteiger partial charge in [-0.2, -0.15) is 5.10 Å². The average Bonchev–Trinajstić information content (AvgIpc) is 3.20. The minimum Gasteiger partial charge on any atom is -0.382 e. The zero-order chi connectivity index (χ0) is 17.6. The molecule has 0 fully saturated rings. The predicted octanol–water partition coefficient (Wildman–Crippen LogP) is 2.93. The second kappa shape index (κ2) is 7.72. The van der Waals surface area contributed by atoms with Gasteiger partial charge in [-0.25, -0.2) is 0 Å². The quantitative estimate of drug-likeness (QED) is 0.751. The molecule has 3 aromatic rings. The number of hydrogen-bond acceptors (Lipinski definition) is 4. The van der Waals surface area contributed by atoms with Gasteiger partial charge in [0.1, 0.15) is 0 Å². The van der Waals surface area contributed by atoms with E-state index in [-0.39, 0.29) is 11.9 Å². The molecule has 2 aromatic heterocycles. The lowest BCUT2D eigenvalue weighted by Crippen LogP contribution is -2.34. The highest BCUT2D eigenvalue weighted by Gasteiger charge is 2.23. The van der Waals surface area contributed by atoms with Gasteiger partial charge < -0.3 is 9.64 Å². The smallest absolute Gasteiger partial charge is 0.254 e. The number of likely N-dealkylation sites (N-methyl/N-ethyl adjacent to an activating group) is 1. The lowest BCUT2D eigenvalue weighted by molar-refractivity contribution is 0.0595. The van der Waals surface area contributed by atoms with Crippen LogP contribution in [-0.4, -0.2) is 46.8 Å². The van der Waals surface area contributed by atoms with Crippen molar-refractivity contribution in [2.45, 2.75) is 6.04 Å². The Balaban J connectivity index is 1.80. The summed E-state index contributed by atoms with van der Waals surface area (Å²) >= 11 is 0. The van der Waals surface area contributed by atoms with Crippen molar-refractivity contribution in [3.63, 3.8) is 0 Å². The number of pyridine rings is 1. The first-order valence-electron chi connectivity index (χ1n) is 7.97. The van der Waals surface area contributed by atoms with Gasteiger partial charge in [0.2, 0.25) is 0 Å². The topological polar surface area (TPSA) is 71.1 Å². The largest absolute Gasteiger partial charge is 0.382 e. The van der Waals surface area contributed by atoms with Crippen LogP contribution in [0.5, 0.6) is 0 Å². The van der Waals surface area contributed by atoms with Crippen LogP contribution in [0, 0.1) is 0 Å². The lowest BCUT2D eigenvalue weighted by atomic mass is 10.1. The van der Waals surface area contributed by atoms with Crippen LogP contribution in [0.15, 0.2) is 60.9 Å². The van der Waals surface area contributed by atoms with Crippen LogP contribution >= 0.6 is 0 Å². The van der Waals surface area contributed by atoms with Gasteiger partial charge >= 0.3 is 0 Å². The summed E-state index contributed by atoms with van der Waals surface area (Å²) in [5.41, 5.74) is 3.31. The number of aromatic nitrogens is 3. The molecular weight excluding hydrogens is 316 g/mol. The zero-order valence-corrected chi connectivity index (χ0v) is 14.2. The van der Waals surface area contributed by atoms with Gasteiger partial charge in [0.25, 0.3) is 5.91 Å². The molecule has 1 N–H and O–H groups in total. The fourth-order valence-corrected chi connectivity index (χ4v) is 2.68. The molecule has 0 aliphatic heterocycles. The Labute approximate surface area is 146 Å². The van der Waals surface area contributed by atoms with Gasteiger partial charge in [-0.15, -0.1) is 0 Å². The van der Waals surface area contributed by atoms with Crippen molar-refractivity contribution >= 4 is 5.91 Å². The number of nitrogens with one attached hydrogen (secondary N) is 1. The molecule has 0 aliphatic carbocycles. The number of carbonyl (C=O) groups is 1. The molecule has 1 aromatic carbocycles. The summed E-state index contributed by atoms with van der Waals surface area (Å²) in [7, 11) is 3.39. The molecule has 0 radical (unpaired) electrons. The summed E-state index contributed by atoms with van der Waals surface area (Å²) in [6.07, 6.45) is 3.42. The first kappa shape index (κ1) is 16.9. The third-order valence-corrected chi connectivity index (χ3v) is 4.09. The third-order valence-electron chi connectivity index (χ3n) is 4.09. The maximum Gasteiger partial charge on any atom is 0.254 e. The molecule has 128 valence electrons. The van der Waals surface area contributed by atoms with Crippen LogP contribution in [0.1, 0.15) is 22.1 Å². The van der Waals surface area contributed by atoms with Crippen molar-refractivity contribution in [3.8, 4) is 11.3 Å². The van der Waals surface area contributed by atoms with Crippen molar-refractivity contribution < 1.29 is 9.53 Å². The Morgan fingerprint density at radius 2 is 1.96 bits per heavy atom. The van der Waals surface area contributed by atoms with E-state index in [0.29, 0.717) is 12.2 Å². The molecule has 1 unspecified atom stereocenters. The highest BCUT2D eigenvalue weighted by atomic mass is 16.5. The number of methoxy groups -OCH3 is 1. The second-order valence-electron chi connectivity index (χ2n) is 5.69. The number of aromatic amines is 1. The average molecular weight is 336 g/mol. The van der Waals surface area contributed by atoms with Gasteiger partial charge in [0.05, 0.1) is 24.0 Å². The number of hydrogen-bond donors (Lipinski definition) is 1. The predicted molar refractivity (Wildman–Crippen MR) is 95.0 cm³/mol. The molecule has 0 spiro atoms. The van der Waals surface area contributed by atoms with E-state index in [1.807, 2.05) is 48.5 Å². The van der Waals surface area contributed by atoms with E-state index >= 15 is 0 Å². The van der Waals surface area contributed by atoms with Crippen molar-refractivity contribution in [2.75, 3.05) is 20.8 Å². The monoisotopic (exact) mass is 336 g/mol. The minimum absolute atomic E-state index is 0.0798. The summed E-state index contributed by atoms with van der Waals surface area (Å²) in [6, 6.07) is 14.7. The summed E-state index contributed by atoms with van der Waals surface area (Å²) < 4.78 is 5.29. The Kier molecular flexibility index (Phi) is 5.20. The molecule has 0 bridgehead atoms. The normalized spacial score (nSPS) is 11.9. The van der Waals surface area contributed by atoms with E-state index in [1.165, 1.54) is 0 Å². The van der Waals surface area contributed by atoms with Crippen molar-refractivity contribution in [2.24, 2.45) is 0 Å². The number of ether oxygens (including phenoxy) is 1. The van der Waals surface area contributed by atoms with Crippen LogP contribution in [0.3, 0.4) is 0 Å². The Hall–Kier alpha value is -2.99. The van der Waals surface area contributed by atoms with Crippen LogP contribution in [-0.2, 0) is 4.74 Å². The van der Waals surface area contributed by atoms with Crippen LogP contribution in [0.4, 0.5) is 0 Å². The minimum atomic E-state index is -0.244. The number of amides is 1. The molecule has 6 heteroatoms. The Bertz CT molecular complexity index is 801. The first-order valence-corrected chi connectivity index (χ1v) is 7.97. The molecule has 0 saturated heterocycles. The van der Waals surface area contributed by atoms with E-state index < -0.39 is 0 Å². The third kappa shape index (κ3) is 3.75. The number of nitrogens with zero attached hydrogens (tertiary/aromatic N) is 3. The van der Waals surface area contributed by atoms with Crippen molar-refractivity contribution in [1.82, 2.24) is 20.1 Å². The second-order valence-corrected chi connectivity index (χ2v) is 5.69. The molecule has 0 aliphatic rings. The number of rotatable bonds is 6. The number of H-pyrrole nitrogens is 1. The Morgan fingerprint density at radius 1 is 1.16 bits per heavy atom. The number of benzene rings is 1. The fourth-order valence-electron chi connectivity index (χ4n) is 2.68. The van der Waals surface area contributed by atoms with Gasteiger partial charge in [-0.05, 0) is 35.9 Å². The van der Waals surface area contributed by atoms with Gasteiger partial charge in [-0.1, -0.05) is 18.2 Å². The molecule has 1 atom stereocenters. The van der Waals surface area contributed by atoms with E-state index in [1.54, 1.807) is 31.5 Å². The SMILES string of the molecule is COCC(c1ccccn1)N(C)C(=O)c1ccc(-c2ccn[nH]2)cc1. The molecule has 0 saturated carbocycles. The van der Waals surface area contributed by atoms with Crippen LogP contribution < -0.4 is 0 Å². The van der Waals surface area contributed by atoms with E-state index in [0.717, 1.165) is 17.0 Å². The molecule has 6 nitrogen and oxygen atoms in total. The van der Waals surface area contributed by atoms with Crippen LogP contribution in [0.2, 0.25) is 0 Å². The molecule has 25 heavy (non-hydrogen) atoms. The summed E-state index contributed by atoms with van der Waals surface area (Å²) in [5, 5.41) is 6.85. The van der Waals surface area contributed by atoms with E-state index in [4.69, 9.17) is 4.74 Å². The van der Waals surface area contributed by atoms with Crippen LogP contribution in [0.25, 0.3) is 11.3 Å². The first-order chi connectivity index (χ1) is 12.2. The molecular formula is C19H20N4O2. The highest BCUT2D eigenvalue weighted by Crippen LogP contribution is 2.22. The molecule has 3 rings (SSSR count). The summed E-state index contributed by atoms with van der Waals surface area (Å²) in [5.74, 6) is -0.0798. The lowest BCUT2D eigenvalue weighted by Gasteiger charge is -2.27. The van der Waals surface area contributed by atoms with E-state index in [9.17, 15) is 4.79 Å². The fraction of sp³-hybridized carbons (Fsp3) is 0.211. The van der Waals surface area contributed by atoms with Gasteiger partial charge in [0, 0.05) is 32.1 Å². The highest BCUT2D eigenvalue weighted by molar-refractivity contribution is 5.94. The zero-order valence-electron chi connectivity index (χ0n) is 14.2. The van der Waals surface area contributed by atoms with Gasteiger partial charge in [0.15, 0.2) is 0 Å². The molecule has 1 amide bonds. The Morgan fingerprint density at radius 3 is 2.56 bits per heavy atom. The standard InChI is InChI=1S/C19H20N4O2/c1-23(18(13-25-2)17-5-3-4-11-20-17)19(24)15-8-6-14(7-9-15)16-10-12-21-22-16/h3-12,18H,13H2,1-2H3,(H,21,22). The maximum absolute atomic E-state index is 12.9. The number of carbonyl (C=O) groups excluding carboxylic acids is 1. The summed E-state index contributed by atoms with van der Waals surface area (Å²) in [4.78, 5) is 18.9.